The van der Waals surface area contributed by atoms with Gasteiger partial charge < -0.3 is 10.0 Å². The fourth-order valence-corrected chi connectivity index (χ4v) is 2.90. The van der Waals surface area contributed by atoms with Gasteiger partial charge in [-0.05, 0) is 31.6 Å². The lowest BCUT2D eigenvalue weighted by molar-refractivity contribution is -0.139. The van der Waals surface area contributed by atoms with Crippen LogP contribution in [0.2, 0.25) is 0 Å². The molecule has 0 spiro atoms. The van der Waals surface area contributed by atoms with Gasteiger partial charge in [-0.1, -0.05) is 13.3 Å². The van der Waals surface area contributed by atoms with Crippen molar-refractivity contribution in [1.29, 1.82) is 0 Å². The van der Waals surface area contributed by atoms with Crippen molar-refractivity contribution in [3.8, 4) is 0 Å². The third-order valence-electron chi connectivity index (χ3n) is 3.89. The standard InChI is InChI=1S/C12H21NO2/c1-9-4-2-6-11(9)12(15)13-7-3-5-10(14)8-13/h9-11,14H,2-8H2,1H3/t9?,10-,11?/m0/s1. The number of aliphatic hydroxyl groups excluding tert-OH is 1. The molecule has 1 saturated heterocycles. The number of rotatable bonds is 1. The second-order valence-electron chi connectivity index (χ2n) is 5.09. The molecule has 0 aromatic carbocycles. The largest absolute Gasteiger partial charge is 0.391 e. The Kier molecular flexibility index (Phi) is 3.29. The normalized spacial score (nSPS) is 36.9. The van der Waals surface area contributed by atoms with Crippen molar-refractivity contribution < 1.29 is 9.90 Å². The first kappa shape index (κ1) is 10.9. The van der Waals surface area contributed by atoms with Crippen molar-refractivity contribution >= 4 is 5.91 Å². The fourth-order valence-electron chi connectivity index (χ4n) is 2.90. The van der Waals surface area contributed by atoms with Gasteiger partial charge in [0.15, 0.2) is 0 Å². The minimum Gasteiger partial charge on any atom is -0.391 e. The third-order valence-corrected chi connectivity index (χ3v) is 3.89. The molecule has 0 bridgehead atoms. The number of β-amino-alcohol motifs (C(OH)–C–C–N with tert-alkyl or cyclic N) is 1. The number of piperidine rings is 1. The van der Waals surface area contributed by atoms with Crippen molar-refractivity contribution in [2.24, 2.45) is 11.8 Å². The lowest BCUT2D eigenvalue weighted by atomic mass is 9.95. The van der Waals surface area contributed by atoms with E-state index in [9.17, 15) is 9.90 Å². The minimum atomic E-state index is -0.292. The maximum Gasteiger partial charge on any atom is 0.226 e. The van der Waals surface area contributed by atoms with Crippen LogP contribution >= 0.6 is 0 Å². The number of carbonyl (C=O) groups excluding carboxylic acids is 1. The monoisotopic (exact) mass is 211 g/mol. The van der Waals surface area contributed by atoms with Crippen LogP contribution in [0.5, 0.6) is 0 Å². The summed E-state index contributed by atoms with van der Waals surface area (Å²) in [6, 6.07) is 0. The minimum absolute atomic E-state index is 0.232. The molecule has 2 fully saturated rings. The third kappa shape index (κ3) is 2.33. The van der Waals surface area contributed by atoms with E-state index in [1.165, 1.54) is 12.8 Å². The first-order valence-corrected chi connectivity index (χ1v) is 6.15. The van der Waals surface area contributed by atoms with E-state index < -0.39 is 0 Å². The maximum absolute atomic E-state index is 12.2. The van der Waals surface area contributed by atoms with Crippen molar-refractivity contribution in [1.82, 2.24) is 4.90 Å². The smallest absolute Gasteiger partial charge is 0.226 e. The van der Waals surface area contributed by atoms with Crippen LogP contribution in [0.4, 0.5) is 0 Å². The number of nitrogens with zero attached hydrogens (tertiary/aromatic N) is 1. The zero-order valence-corrected chi connectivity index (χ0v) is 9.48. The summed E-state index contributed by atoms with van der Waals surface area (Å²) in [5, 5.41) is 9.54. The summed E-state index contributed by atoms with van der Waals surface area (Å²) in [7, 11) is 0. The van der Waals surface area contributed by atoms with Gasteiger partial charge in [0, 0.05) is 19.0 Å². The average Bonchev–Trinajstić information content (AvgIpc) is 2.63. The first-order valence-electron chi connectivity index (χ1n) is 6.15. The van der Waals surface area contributed by atoms with Crippen molar-refractivity contribution in [3.05, 3.63) is 0 Å². The lowest BCUT2D eigenvalue weighted by Gasteiger charge is -2.33. The lowest BCUT2D eigenvalue weighted by Crippen LogP contribution is -2.45. The predicted octanol–water partition coefficient (Wildman–Crippen LogP) is 1.41. The number of hydrogen-bond donors (Lipinski definition) is 1. The first-order chi connectivity index (χ1) is 7.18. The Morgan fingerprint density at radius 2 is 2.07 bits per heavy atom. The number of carbonyl (C=O) groups is 1. The van der Waals surface area contributed by atoms with Crippen LogP contribution in [-0.2, 0) is 4.79 Å². The molecule has 2 unspecified atom stereocenters. The van der Waals surface area contributed by atoms with E-state index in [2.05, 4.69) is 6.92 Å². The fraction of sp³-hybridized carbons (Fsp3) is 0.917. The Morgan fingerprint density at radius 1 is 1.27 bits per heavy atom. The summed E-state index contributed by atoms with van der Waals surface area (Å²) in [5.74, 6) is 1.06. The summed E-state index contributed by atoms with van der Waals surface area (Å²) < 4.78 is 0. The molecule has 3 heteroatoms. The Labute approximate surface area is 91.5 Å². The van der Waals surface area contributed by atoms with Crippen LogP contribution in [0.25, 0.3) is 0 Å². The highest BCUT2D eigenvalue weighted by Crippen LogP contribution is 2.33. The molecule has 15 heavy (non-hydrogen) atoms. The van der Waals surface area contributed by atoms with E-state index in [0.717, 1.165) is 25.8 Å². The van der Waals surface area contributed by atoms with Crippen LogP contribution in [0, 0.1) is 11.8 Å². The SMILES string of the molecule is CC1CCCC1C(=O)N1CCC[C@H](O)C1. The second kappa shape index (κ2) is 4.52. The Bertz CT molecular complexity index is 242. The summed E-state index contributed by atoms with van der Waals surface area (Å²) in [6.07, 6.45) is 4.94. The number of amides is 1. The van der Waals surface area contributed by atoms with Crippen LogP contribution < -0.4 is 0 Å². The highest BCUT2D eigenvalue weighted by atomic mass is 16.3. The quantitative estimate of drug-likeness (QED) is 0.712. The van der Waals surface area contributed by atoms with E-state index in [-0.39, 0.29) is 12.0 Å². The maximum atomic E-state index is 12.2. The molecule has 1 aliphatic carbocycles. The van der Waals surface area contributed by atoms with E-state index in [1.54, 1.807) is 0 Å². The van der Waals surface area contributed by atoms with E-state index in [0.29, 0.717) is 18.4 Å². The molecular formula is C12H21NO2. The zero-order valence-electron chi connectivity index (χ0n) is 9.48. The zero-order chi connectivity index (χ0) is 10.8. The summed E-state index contributed by atoms with van der Waals surface area (Å²) in [4.78, 5) is 14.0. The molecule has 0 radical (unpaired) electrons. The molecule has 3 atom stereocenters. The molecule has 2 aliphatic rings. The number of aliphatic hydroxyl groups is 1. The van der Waals surface area contributed by atoms with Gasteiger partial charge in [-0.3, -0.25) is 4.79 Å². The highest BCUT2D eigenvalue weighted by molar-refractivity contribution is 5.79. The molecule has 3 nitrogen and oxygen atoms in total. The van der Waals surface area contributed by atoms with Crippen LogP contribution in [-0.4, -0.2) is 35.1 Å². The number of likely N-dealkylation sites (tertiary alicyclic amines) is 1. The van der Waals surface area contributed by atoms with Gasteiger partial charge in [0.25, 0.3) is 0 Å². The van der Waals surface area contributed by atoms with Gasteiger partial charge in [-0.2, -0.15) is 0 Å². The summed E-state index contributed by atoms with van der Waals surface area (Å²) in [5.41, 5.74) is 0. The molecule has 1 amide bonds. The second-order valence-corrected chi connectivity index (χ2v) is 5.09. The Balaban J connectivity index is 1.94. The topological polar surface area (TPSA) is 40.5 Å². The molecular weight excluding hydrogens is 190 g/mol. The van der Waals surface area contributed by atoms with Gasteiger partial charge in [-0.15, -0.1) is 0 Å². The van der Waals surface area contributed by atoms with Crippen LogP contribution in [0.3, 0.4) is 0 Å². The molecule has 1 aliphatic heterocycles. The highest BCUT2D eigenvalue weighted by Gasteiger charge is 2.34. The van der Waals surface area contributed by atoms with E-state index in [1.807, 2.05) is 4.90 Å². The predicted molar refractivity (Wildman–Crippen MR) is 58.3 cm³/mol. The van der Waals surface area contributed by atoms with E-state index >= 15 is 0 Å². The van der Waals surface area contributed by atoms with Crippen molar-refractivity contribution in [2.75, 3.05) is 13.1 Å². The van der Waals surface area contributed by atoms with Crippen molar-refractivity contribution in [3.63, 3.8) is 0 Å². The van der Waals surface area contributed by atoms with E-state index in [4.69, 9.17) is 0 Å². The Morgan fingerprint density at radius 3 is 2.67 bits per heavy atom. The molecule has 0 aromatic rings. The van der Waals surface area contributed by atoms with Gasteiger partial charge >= 0.3 is 0 Å². The molecule has 2 rings (SSSR count). The van der Waals surface area contributed by atoms with Crippen LogP contribution in [0.15, 0.2) is 0 Å². The average molecular weight is 211 g/mol. The molecule has 86 valence electrons. The molecule has 1 N–H and O–H groups in total. The van der Waals surface area contributed by atoms with Crippen molar-refractivity contribution in [2.45, 2.75) is 45.1 Å². The van der Waals surface area contributed by atoms with Gasteiger partial charge in [0.05, 0.1) is 6.10 Å². The summed E-state index contributed by atoms with van der Waals surface area (Å²) in [6.45, 7) is 3.58. The molecule has 1 heterocycles. The number of hydrogen-bond acceptors (Lipinski definition) is 2. The molecule has 1 saturated carbocycles. The van der Waals surface area contributed by atoms with Gasteiger partial charge in [-0.25, -0.2) is 0 Å². The van der Waals surface area contributed by atoms with Gasteiger partial charge in [0.2, 0.25) is 5.91 Å². The molecule has 0 aromatic heterocycles. The Hall–Kier alpha value is -0.570. The van der Waals surface area contributed by atoms with Crippen LogP contribution in [0.1, 0.15) is 39.0 Å². The van der Waals surface area contributed by atoms with Gasteiger partial charge in [0.1, 0.15) is 0 Å². The summed E-state index contributed by atoms with van der Waals surface area (Å²) >= 11 is 0.